The Morgan fingerprint density at radius 2 is 2.00 bits per heavy atom. The third-order valence-corrected chi connectivity index (χ3v) is 2.11. The van der Waals surface area contributed by atoms with Crippen molar-refractivity contribution in [2.45, 2.75) is 13.1 Å². The highest BCUT2D eigenvalue weighted by molar-refractivity contribution is 6.06. The van der Waals surface area contributed by atoms with E-state index in [4.69, 9.17) is 4.74 Å². The Kier molecular flexibility index (Phi) is 3.93. The van der Waals surface area contributed by atoms with Gasteiger partial charge < -0.3 is 4.74 Å². The minimum Gasteiger partial charge on any atom is -0.496 e. The molecule has 0 atom stereocenters. The summed E-state index contributed by atoms with van der Waals surface area (Å²) >= 11 is 0. The lowest BCUT2D eigenvalue weighted by Gasteiger charge is -2.10. The van der Waals surface area contributed by atoms with Gasteiger partial charge in [0.15, 0.2) is 5.78 Å². The van der Waals surface area contributed by atoms with E-state index in [9.17, 15) is 18.0 Å². The summed E-state index contributed by atoms with van der Waals surface area (Å²) in [5.41, 5.74) is -0.966. The quantitative estimate of drug-likeness (QED) is 0.601. The molecule has 0 saturated heterocycles. The van der Waals surface area contributed by atoms with Gasteiger partial charge in [-0.05, 0) is 31.2 Å². The van der Waals surface area contributed by atoms with Gasteiger partial charge in [-0.1, -0.05) is 6.08 Å². The average molecular weight is 244 g/mol. The molecule has 0 amide bonds. The van der Waals surface area contributed by atoms with Crippen LogP contribution in [0.25, 0.3) is 0 Å². The number of alkyl halides is 3. The van der Waals surface area contributed by atoms with Gasteiger partial charge in [0.25, 0.3) is 0 Å². The molecule has 0 heterocycles. The van der Waals surface area contributed by atoms with Gasteiger partial charge >= 0.3 is 6.18 Å². The SMILES string of the molecule is CC=CC(=O)c1cc(C(F)(F)F)ccc1OC. The topological polar surface area (TPSA) is 26.3 Å². The van der Waals surface area contributed by atoms with E-state index >= 15 is 0 Å². The van der Waals surface area contributed by atoms with Crippen LogP contribution in [-0.4, -0.2) is 12.9 Å². The van der Waals surface area contributed by atoms with Crippen LogP contribution in [0.5, 0.6) is 5.75 Å². The first-order valence-electron chi connectivity index (χ1n) is 4.82. The fourth-order valence-corrected chi connectivity index (χ4v) is 1.32. The van der Waals surface area contributed by atoms with Crippen molar-refractivity contribution in [3.63, 3.8) is 0 Å². The Morgan fingerprint density at radius 1 is 1.35 bits per heavy atom. The lowest BCUT2D eigenvalue weighted by molar-refractivity contribution is -0.137. The van der Waals surface area contributed by atoms with Crippen LogP contribution in [0.2, 0.25) is 0 Å². The Labute approximate surface area is 96.7 Å². The van der Waals surface area contributed by atoms with Crippen LogP contribution < -0.4 is 4.74 Å². The van der Waals surface area contributed by atoms with Crippen LogP contribution >= 0.6 is 0 Å². The van der Waals surface area contributed by atoms with E-state index in [1.807, 2.05) is 0 Å². The molecule has 0 saturated carbocycles. The summed E-state index contributed by atoms with van der Waals surface area (Å²) in [6.45, 7) is 1.61. The molecule has 5 heteroatoms. The molecule has 0 aliphatic carbocycles. The van der Waals surface area contributed by atoms with E-state index in [1.54, 1.807) is 6.92 Å². The van der Waals surface area contributed by atoms with E-state index < -0.39 is 17.5 Å². The van der Waals surface area contributed by atoms with Crippen molar-refractivity contribution in [2.75, 3.05) is 7.11 Å². The molecule has 0 aromatic heterocycles. The van der Waals surface area contributed by atoms with Crippen LogP contribution in [0.3, 0.4) is 0 Å². The Bertz CT molecular complexity index is 448. The first-order valence-corrected chi connectivity index (χ1v) is 4.82. The molecule has 1 aromatic carbocycles. The molecular formula is C12H11F3O2. The van der Waals surface area contributed by atoms with Crippen molar-refractivity contribution in [3.8, 4) is 5.75 Å². The Hall–Kier alpha value is -1.78. The second-order valence-corrected chi connectivity index (χ2v) is 3.28. The number of rotatable bonds is 3. The molecular weight excluding hydrogens is 233 g/mol. The predicted molar refractivity (Wildman–Crippen MR) is 57.1 cm³/mol. The highest BCUT2D eigenvalue weighted by Crippen LogP contribution is 2.32. The minimum absolute atomic E-state index is 0.0968. The van der Waals surface area contributed by atoms with E-state index in [1.165, 1.54) is 19.3 Å². The number of methoxy groups -OCH3 is 1. The maximum absolute atomic E-state index is 12.5. The molecule has 1 rings (SSSR count). The lowest BCUT2D eigenvalue weighted by Crippen LogP contribution is -2.08. The van der Waals surface area contributed by atoms with Gasteiger partial charge in [-0.2, -0.15) is 13.2 Å². The highest BCUT2D eigenvalue weighted by atomic mass is 19.4. The summed E-state index contributed by atoms with van der Waals surface area (Å²) in [6, 6.07) is 2.81. The van der Waals surface area contributed by atoms with Crippen molar-refractivity contribution in [3.05, 3.63) is 41.5 Å². The molecule has 0 N–H and O–H groups in total. The summed E-state index contributed by atoms with van der Waals surface area (Å²) in [5, 5.41) is 0. The first-order chi connectivity index (χ1) is 7.90. The number of ketones is 1. The number of carbonyl (C=O) groups excluding carboxylic acids is 1. The molecule has 0 unspecified atom stereocenters. The zero-order chi connectivity index (χ0) is 13.1. The smallest absolute Gasteiger partial charge is 0.416 e. The summed E-state index contributed by atoms with van der Waals surface area (Å²) in [5.74, 6) is -0.392. The second-order valence-electron chi connectivity index (χ2n) is 3.28. The minimum atomic E-state index is -4.47. The van der Waals surface area contributed by atoms with Crippen molar-refractivity contribution in [1.29, 1.82) is 0 Å². The Morgan fingerprint density at radius 3 is 2.47 bits per heavy atom. The molecule has 0 aliphatic rings. The fraction of sp³-hybridized carbons (Fsp3) is 0.250. The number of ether oxygens (including phenoxy) is 1. The van der Waals surface area contributed by atoms with Crippen molar-refractivity contribution in [2.24, 2.45) is 0 Å². The highest BCUT2D eigenvalue weighted by Gasteiger charge is 2.31. The van der Waals surface area contributed by atoms with Crippen LogP contribution in [0, 0.1) is 0 Å². The molecule has 0 aliphatic heterocycles. The van der Waals surface area contributed by atoms with Gasteiger partial charge in [-0.15, -0.1) is 0 Å². The number of hydrogen-bond donors (Lipinski definition) is 0. The van der Waals surface area contributed by atoms with Crippen molar-refractivity contribution >= 4 is 5.78 Å². The van der Waals surface area contributed by atoms with Gasteiger partial charge in [-0.3, -0.25) is 4.79 Å². The lowest BCUT2D eigenvalue weighted by atomic mass is 10.1. The molecule has 92 valence electrons. The molecule has 0 bridgehead atoms. The molecule has 17 heavy (non-hydrogen) atoms. The van der Waals surface area contributed by atoms with E-state index in [0.717, 1.165) is 18.2 Å². The molecule has 1 aromatic rings. The fourth-order valence-electron chi connectivity index (χ4n) is 1.32. The number of halogens is 3. The third kappa shape index (κ3) is 3.09. The van der Waals surface area contributed by atoms with E-state index in [-0.39, 0.29) is 11.3 Å². The summed E-state index contributed by atoms with van der Waals surface area (Å²) < 4.78 is 42.3. The van der Waals surface area contributed by atoms with Crippen molar-refractivity contribution in [1.82, 2.24) is 0 Å². The van der Waals surface area contributed by atoms with E-state index in [2.05, 4.69) is 0 Å². The second kappa shape index (κ2) is 5.03. The zero-order valence-corrected chi connectivity index (χ0v) is 9.34. The third-order valence-electron chi connectivity index (χ3n) is 2.11. The molecule has 0 spiro atoms. The summed E-state index contributed by atoms with van der Waals surface area (Å²) in [6.07, 6.45) is -1.82. The van der Waals surface area contributed by atoms with Gasteiger partial charge in [0.2, 0.25) is 0 Å². The number of hydrogen-bond acceptors (Lipinski definition) is 2. The maximum Gasteiger partial charge on any atom is 0.416 e. The van der Waals surface area contributed by atoms with E-state index in [0.29, 0.717) is 0 Å². The Balaban J connectivity index is 3.29. The van der Waals surface area contributed by atoms with Gasteiger partial charge in [0, 0.05) is 0 Å². The van der Waals surface area contributed by atoms with Crippen molar-refractivity contribution < 1.29 is 22.7 Å². The first kappa shape index (κ1) is 13.3. The maximum atomic E-state index is 12.5. The predicted octanol–water partition coefficient (Wildman–Crippen LogP) is 3.47. The monoisotopic (exact) mass is 244 g/mol. The number of allylic oxidation sites excluding steroid dienone is 2. The normalized spacial score (nSPS) is 11.8. The zero-order valence-electron chi connectivity index (χ0n) is 9.34. The number of carbonyl (C=O) groups is 1. The molecule has 0 fully saturated rings. The van der Waals surface area contributed by atoms with Crippen LogP contribution in [0.4, 0.5) is 13.2 Å². The average Bonchev–Trinajstić information content (AvgIpc) is 2.27. The number of benzene rings is 1. The summed E-state index contributed by atoms with van der Waals surface area (Å²) in [4.78, 5) is 11.6. The molecule has 0 radical (unpaired) electrons. The van der Waals surface area contributed by atoms with Gasteiger partial charge in [0.1, 0.15) is 5.75 Å². The molecule has 2 nitrogen and oxygen atoms in total. The van der Waals surface area contributed by atoms with Crippen LogP contribution in [-0.2, 0) is 6.18 Å². The summed E-state index contributed by atoms with van der Waals surface area (Å²) in [7, 11) is 1.30. The largest absolute Gasteiger partial charge is 0.496 e. The standard InChI is InChI=1S/C12H11F3O2/c1-3-4-10(16)9-7-8(12(13,14)15)5-6-11(9)17-2/h3-7H,1-2H3. The van der Waals surface area contributed by atoms with Gasteiger partial charge in [0.05, 0.1) is 18.2 Å². The van der Waals surface area contributed by atoms with Crippen LogP contribution in [0.1, 0.15) is 22.8 Å². The van der Waals surface area contributed by atoms with Crippen LogP contribution in [0.15, 0.2) is 30.4 Å². The van der Waals surface area contributed by atoms with Gasteiger partial charge in [-0.25, -0.2) is 0 Å².